The normalized spacial score (nSPS) is 17.5. The molecule has 0 spiro atoms. The Morgan fingerprint density at radius 3 is 2.00 bits per heavy atom. The summed E-state index contributed by atoms with van der Waals surface area (Å²) < 4.78 is 0. The van der Waals surface area contributed by atoms with Crippen LogP contribution >= 0.6 is 12.6 Å². The van der Waals surface area contributed by atoms with Gasteiger partial charge in [-0.1, -0.05) is 0 Å². The van der Waals surface area contributed by atoms with Gasteiger partial charge in [-0.25, -0.2) is 0 Å². The average Bonchev–Trinajstić information content (AvgIpc) is 2.12. The molecule has 0 rings (SSSR count). The molecular weight excluding hydrogens is 194 g/mol. The summed E-state index contributed by atoms with van der Waals surface area (Å²) >= 11 is 3.78. The first-order valence-corrected chi connectivity index (χ1v) is 4.19. The third kappa shape index (κ3) is 3.31. The van der Waals surface area contributed by atoms with Crippen LogP contribution in [0.15, 0.2) is 0 Å². The van der Waals surface area contributed by atoms with Gasteiger partial charge in [0.05, 0.1) is 12.1 Å². The first kappa shape index (κ1) is 12.4. The van der Waals surface area contributed by atoms with Crippen LogP contribution in [0.4, 0.5) is 0 Å². The molecule has 0 bridgehead atoms. The fraction of sp³-hybridized carbons (Fsp3) is 0.667. The van der Waals surface area contributed by atoms with E-state index in [2.05, 4.69) is 12.6 Å². The van der Waals surface area contributed by atoms with Gasteiger partial charge >= 0.3 is 5.97 Å². The van der Waals surface area contributed by atoms with Crippen molar-refractivity contribution < 1.29 is 14.7 Å². The van der Waals surface area contributed by atoms with Gasteiger partial charge in [0.15, 0.2) is 5.78 Å². The quantitative estimate of drug-likeness (QED) is 0.318. The Kier molecular flexibility index (Phi) is 4.92. The largest absolute Gasteiger partial charge is 0.480 e. The van der Waals surface area contributed by atoms with Crippen LogP contribution in [-0.4, -0.2) is 40.7 Å². The van der Waals surface area contributed by atoms with Crippen LogP contribution in [0.2, 0.25) is 0 Å². The zero-order valence-corrected chi connectivity index (χ0v) is 7.78. The van der Waals surface area contributed by atoms with Crippen molar-refractivity contribution in [2.75, 3.05) is 5.75 Å². The number of aliphatic carboxylic acids is 1. The first-order valence-electron chi connectivity index (χ1n) is 3.56. The maximum absolute atomic E-state index is 11.2. The summed E-state index contributed by atoms with van der Waals surface area (Å²) in [6.07, 6.45) is 0. The molecule has 7 N–H and O–H groups in total. The molecular formula is C6H13N3O3S. The molecule has 76 valence electrons. The van der Waals surface area contributed by atoms with Crippen molar-refractivity contribution in [2.45, 2.75) is 18.1 Å². The summed E-state index contributed by atoms with van der Waals surface area (Å²) in [5.74, 6) is -1.81. The van der Waals surface area contributed by atoms with Crippen molar-refractivity contribution in [3.8, 4) is 0 Å². The molecule has 6 nitrogen and oxygen atoms in total. The molecule has 0 aromatic rings. The van der Waals surface area contributed by atoms with Crippen LogP contribution in [0.25, 0.3) is 0 Å². The van der Waals surface area contributed by atoms with Gasteiger partial charge < -0.3 is 22.3 Å². The Labute approximate surface area is 80.9 Å². The smallest absolute Gasteiger partial charge is 0.322 e. The molecule has 3 atom stereocenters. The minimum absolute atomic E-state index is 0.110. The summed E-state index contributed by atoms with van der Waals surface area (Å²) in [5.41, 5.74) is 15.7. The lowest BCUT2D eigenvalue weighted by Gasteiger charge is -2.17. The predicted molar refractivity (Wildman–Crippen MR) is 50.4 cm³/mol. The van der Waals surface area contributed by atoms with Crippen molar-refractivity contribution in [2.24, 2.45) is 17.2 Å². The number of Topliss-reactive ketones (excluding diaryl/α,β-unsaturated/α-hetero) is 1. The summed E-state index contributed by atoms with van der Waals surface area (Å²) in [4.78, 5) is 21.5. The molecule has 2 unspecified atom stereocenters. The molecule has 13 heavy (non-hydrogen) atoms. The van der Waals surface area contributed by atoms with E-state index in [1.165, 1.54) is 0 Å². The summed E-state index contributed by atoms with van der Waals surface area (Å²) in [6.45, 7) is 0. The van der Waals surface area contributed by atoms with Gasteiger partial charge in [0.1, 0.15) is 6.04 Å². The van der Waals surface area contributed by atoms with Crippen molar-refractivity contribution in [3.05, 3.63) is 0 Å². The SMILES string of the molecule is NC(C(=O)O)C(N)C(=O)[C@@H](N)CS. The van der Waals surface area contributed by atoms with Gasteiger partial charge in [-0.3, -0.25) is 9.59 Å². The van der Waals surface area contributed by atoms with Crippen LogP contribution in [0.1, 0.15) is 0 Å². The molecule has 0 aliphatic rings. The summed E-state index contributed by atoms with van der Waals surface area (Å²) in [5, 5.41) is 8.44. The maximum atomic E-state index is 11.2. The molecule has 0 saturated heterocycles. The van der Waals surface area contributed by atoms with Crippen LogP contribution < -0.4 is 17.2 Å². The van der Waals surface area contributed by atoms with E-state index in [0.717, 1.165) is 0 Å². The van der Waals surface area contributed by atoms with Gasteiger partial charge in [0.25, 0.3) is 0 Å². The molecule has 0 saturated carbocycles. The van der Waals surface area contributed by atoms with E-state index in [-0.39, 0.29) is 5.75 Å². The van der Waals surface area contributed by atoms with Gasteiger partial charge in [-0.2, -0.15) is 12.6 Å². The third-order valence-corrected chi connectivity index (χ3v) is 1.96. The Balaban J connectivity index is 4.33. The molecule has 0 aromatic carbocycles. The number of carboxylic acid groups (broad SMARTS) is 1. The van der Waals surface area contributed by atoms with Crippen molar-refractivity contribution >= 4 is 24.4 Å². The summed E-state index contributed by atoms with van der Waals surface area (Å²) in [6, 6.07) is -3.57. The maximum Gasteiger partial charge on any atom is 0.322 e. The highest BCUT2D eigenvalue weighted by molar-refractivity contribution is 7.80. The molecule has 0 aliphatic carbocycles. The fourth-order valence-corrected chi connectivity index (χ4v) is 0.848. The predicted octanol–water partition coefficient (Wildman–Crippen LogP) is -2.45. The van der Waals surface area contributed by atoms with E-state index < -0.39 is 29.9 Å². The van der Waals surface area contributed by atoms with E-state index in [9.17, 15) is 9.59 Å². The van der Waals surface area contributed by atoms with Crippen molar-refractivity contribution in [1.82, 2.24) is 0 Å². The molecule has 0 fully saturated rings. The van der Waals surface area contributed by atoms with Gasteiger partial charge in [-0.05, 0) is 0 Å². The zero-order chi connectivity index (χ0) is 10.6. The van der Waals surface area contributed by atoms with Gasteiger partial charge in [0, 0.05) is 5.75 Å². The second-order valence-electron chi connectivity index (χ2n) is 2.58. The third-order valence-electron chi connectivity index (χ3n) is 1.56. The number of carboxylic acids is 1. The molecule has 0 aliphatic heterocycles. The Bertz CT molecular complexity index is 211. The number of hydrogen-bond donors (Lipinski definition) is 5. The number of thiol groups is 1. The highest BCUT2D eigenvalue weighted by atomic mass is 32.1. The van der Waals surface area contributed by atoms with E-state index in [1.807, 2.05) is 0 Å². The Hall–Kier alpha value is -0.630. The zero-order valence-electron chi connectivity index (χ0n) is 6.88. The van der Waals surface area contributed by atoms with Gasteiger partial charge in [0.2, 0.25) is 0 Å². The number of carbonyl (C=O) groups excluding carboxylic acids is 1. The lowest BCUT2D eigenvalue weighted by molar-refractivity contribution is -0.141. The number of carbonyl (C=O) groups is 2. The van der Waals surface area contributed by atoms with Crippen LogP contribution in [-0.2, 0) is 9.59 Å². The standard InChI is InChI=1S/C6H13N3O3S/c7-2(1-13)5(10)3(8)4(9)6(11)12/h2-4,13H,1,7-9H2,(H,11,12)/t2-,3?,4?/m0/s1. The second kappa shape index (κ2) is 5.18. The lowest BCUT2D eigenvalue weighted by Crippen LogP contribution is -2.56. The second-order valence-corrected chi connectivity index (χ2v) is 2.95. The minimum Gasteiger partial charge on any atom is -0.480 e. The van der Waals surface area contributed by atoms with Crippen LogP contribution in [0.3, 0.4) is 0 Å². The topological polar surface area (TPSA) is 132 Å². The molecule has 0 heterocycles. The number of rotatable bonds is 5. The number of nitrogens with two attached hydrogens (primary N) is 3. The van der Waals surface area contributed by atoms with E-state index >= 15 is 0 Å². The lowest BCUT2D eigenvalue weighted by atomic mass is 10.0. The molecule has 0 aromatic heterocycles. The highest BCUT2D eigenvalue weighted by Crippen LogP contribution is 1.95. The van der Waals surface area contributed by atoms with E-state index in [0.29, 0.717) is 0 Å². The number of ketones is 1. The highest BCUT2D eigenvalue weighted by Gasteiger charge is 2.29. The van der Waals surface area contributed by atoms with E-state index in [1.54, 1.807) is 0 Å². The monoisotopic (exact) mass is 207 g/mol. The molecule has 7 heteroatoms. The Morgan fingerprint density at radius 1 is 1.23 bits per heavy atom. The van der Waals surface area contributed by atoms with Gasteiger partial charge in [-0.15, -0.1) is 0 Å². The minimum atomic E-state index is -1.42. The molecule has 0 amide bonds. The number of hydrogen-bond acceptors (Lipinski definition) is 6. The summed E-state index contributed by atoms with van der Waals surface area (Å²) in [7, 11) is 0. The van der Waals surface area contributed by atoms with Crippen LogP contribution in [0, 0.1) is 0 Å². The van der Waals surface area contributed by atoms with Crippen molar-refractivity contribution in [1.29, 1.82) is 0 Å². The first-order chi connectivity index (χ1) is 5.91. The van der Waals surface area contributed by atoms with E-state index in [4.69, 9.17) is 22.3 Å². The molecule has 0 radical (unpaired) electrons. The van der Waals surface area contributed by atoms with Crippen molar-refractivity contribution in [3.63, 3.8) is 0 Å². The van der Waals surface area contributed by atoms with Crippen LogP contribution in [0.5, 0.6) is 0 Å². The average molecular weight is 207 g/mol. The fourth-order valence-electron chi connectivity index (χ4n) is 0.668. The Morgan fingerprint density at radius 2 is 1.69 bits per heavy atom.